The maximum absolute atomic E-state index is 12.8. The summed E-state index contributed by atoms with van der Waals surface area (Å²) in [6.07, 6.45) is 3.66. The van der Waals surface area contributed by atoms with E-state index in [9.17, 15) is 22.8 Å². The third kappa shape index (κ3) is 6.53. The molecule has 176 valence electrons. The Morgan fingerprint density at radius 2 is 1.55 bits per heavy atom. The molecule has 9 nitrogen and oxygen atoms in total. The van der Waals surface area contributed by atoms with Gasteiger partial charge in [0.05, 0.1) is 21.0 Å². The van der Waals surface area contributed by atoms with Gasteiger partial charge >= 0.3 is 5.97 Å². The molecule has 1 heterocycles. The van der Waals surface area contributed by atoms with Crippen molar-refractivity contribution >= 4 is 39.4 Å². The molecule has 2 aromatic carbocycles. The van der Waals surface area contributed by atoms with Crippen molar-refractivity contribution in [3.05, 3.63) is 64.7 Å². The van der Waals surface area contributed by atoms with Crippen LogP contribution in [0.25, 0.3) is 0 Å². The van der Waals surface area contributed by atoms with E-state index in [1.165, 1.54) is 40.7 Å². The van der Waals surface area contributed by atoms with Crippen LogP contribution >= 0.6 is 11.6 Å². The van der Waals surface area contributed by atoms with E-state index in [0.29, 0.717) is 13.1 Å². The highest BCUT2D eigenvalue weighted by molar-refractivity contribution is 7.89. The van der Waals surface area contributed by atoms with Crippen molar-refractivity contribution in [3.63, 3.8) is 0 Å². The molecule has 1 saturated heterocycles. The summed E-state index contributed by atoms with van der Waals surface area (Å²) in [6, 6.07) is 11.7. The monoisotopic (exact) mass is 493 g/mol. The number of hydrazine groups is 1. The molecule has 0 bridgehead atoms. The fourth-order valence-corrected chi connectivity index (χ4v) is 5.02. The Morgan fingerprint density at radius 1 is 0.909 bits per heavy atom. The molecule has 1 fully saturated rings. The van der Waals surface area contributed by atoms with Crippen molar-refractivity contribution in [3.8, 4) is 0 Å². The van der Waals surface area contributed by atoms with Crippen LogP contribution in [0.15, 0.2) is 53.4 Å². The van der Waals surface area contributed by atoms with Crippen molar-refractivity contribution in [1.29, 1.82) is 0 Å². The summed E-state index contributed by atoms with van der Waals surface area (Å²) in [4.78, 5) is 36.2. The second-order valence-electron chi connectivity index (χ2n) is 7.40. The molecule has 2 amide bonds. The molecule has 33 heavy (non-hydrogen) atoms. The highest BCUT2D eigenvalue weighted by atomic mass is 35.5. The van der Waals surface area contributed by atoms with E-state index in [-0.39, 0.29) is 21.0 Å². The number of rotatable bonds is 6. The SMILES string of the molecule is O=C(COC(=O)c1ccc(S(=O)(=O)N2CCCCCC2)cc1)NNC(=O)c1ccccc1Cl. The van der Waals surface area contributed by atoms with Gasteiger partial charge in [0, 0.05) is 13.1 Å². The molecule has 3 rings (SSSR count). The second kappa shape index (κ2) is 11.3. The first kappa shape index (κ1) is 24.7. The smallest absolute Gasteiger partial charge is 0.338 e. The van der Waals surface area contributed by atoms with E-state index in [1.807, 2.05) is 0 Å². The molecule has 0 atom stereocenters. The molecule has 0 spiro atoms. The molecular formula is C22H24ClN3O6S. The summed E-state index contributed by atoms with van der Waals surface area (Å²) in [5.41, 5.74) is 4.57. The lowest BCUT2D eigenvalue weighted by Gasteiger charge is -2.19. The Morgan fingerprint density at radius 3 is 2.18 bits per heavy atom. The number of ether oxygens (including phenoxy) is 1. The fourth-order valence-electron chi connectivity index (χ4n) is 3.28. The van der Waals surface area contributed by atoms with Gasteiger partial charge in [0.25, 0.3) is 11.8 Å². The fraction of sp³-hybridized carbons (Fsp3) is 0.318. The minimum Gasteiger partial charge on any atom is -0.452 e. The largest absolute Gasteiger partial charge is 0.452 e. The minimum absolute atomic E-state index is 0.0951. The number of hydrogen-bond acceptors (Lipinski definition) is 6. The van der Waals surface area contributed by atoms with Crippen molar-refractivity contribution in [2.24, 2.45) is 0 Å². The number of sulfonamides is 1. The Kier molecular flexibility index (Phi) is 8.43. The number of nitrogens with one attached hydrogen (secondary N) is 2. The molecule has 0 unspecified atom stereocenters. The highest BCUT2D eigenvalue weighted by Crippen LogP contribution is 2.21. The van der Waals surface area contributed by atoms with E-state index in [4.69, 9.17) is 16.3 Å². The standard InChI is InChI=1S/C22H24ClN3O6S/c23-19-8-4-3-7-18(19)21(28)25-24-20(27)15-32-22(29)16-9-11-17(12-10-16)33(30,31)26-13-5-1-2-6-14-26/h3-4,7-12H,1-2,5-6,13-15H2,(H,24,27)(H,25,28). The number of amides is 2. The van der Waals surface area contributed by atoms with Crippen LogP contribution in [0.3, 0.4) is 0 Å². The lowest BCUT2D eigenvalue weighted by atomic mass is 10.2. The van der Waals surface area contributed by atoms with Gasteiger partial charge in [0.1, 0.15) is 0 Å². The normalized spacial score (nSPS) is 14.7. The number of carbonyl (C=O) groups excluding carboxylic acids is 3. The van der Waals surface area contributed by atoms with E-state index in [1.54, 1.807) is 12.1 Å². The molecule has 2 aromatic rings. The Hall–Kier alpha value is -2.95. The van der Waals surface area contributed by atoms with Crippen molar-refractivity contribution in [2.45, 2.75) is 30.6 Å². The van der Waals surface area contributed by atoms with Crippen LogP contribution in [0.4, 0.5) is 0 Å². The lowest BCUT2D eigenvalue weighted by Crippen LogP contribution is -2.43. The summed E-state index contributed by atoms with van der Waals surface area (Å²) < 4.78 is 32.0. The summed E-state index contributed by atoms with van der Waals surface area (Å²) in [5, 5.41) is 0.219. The van der Waals surface area contributed by atoms with Gasteiger partial charge in [-0.15, -0.1) is 0 Å². The Balaban J connectivity index is 1.50. The van der Waals surface area contributed by atoms with Crippen molar-refractivity contribution < 1.29 is 27.5 Å². The van der Waals surface area contributed by atoms with Gasteiger partial charge in [-0.3, -0.25) is 20.4 Å². The van der Waals surface area contributed by atoms with Crippen LogP contribution in [0.2, 0.25) is 5.02 Å². The minimum atomic E-state index is -3.63. The number of carbonyl (C=O) groups is 3. The second-order valence-corrected chi connectivity index (χ2v) is 9.75. The predicted molar refractivity (Wildman–Crippen MR) is 121 cm³/mol. The third-order valence-electron chi connectivity index (χ3n) is 5.06. The van der Waals surface area contributed by atoms with Gasteiger partial charge in [-0.2, -0.15) is 4.31 Å². The van der Waals surface area contributed by atoms with Gasteiger partial charge in [-0.25, -0.2) is 13.2 Å². The van der Waals surface area contributed by atoms with E-state index in [2.05, 4.69) is 10.9 Å². The molecule has 2 N–H and O–H groups in total. The van der Waals surface area contributed by atoms with Crippen molar-refractivity contribution in [1.82, 2.24) is 15.2 Å². The maximum atomic E-state index is 12.8. The summed E-state index contributed by atoms with van der Waals surface area (Å²) >= 11 is 5.91. The zero-order valence-electron chi connectivity index (χ0n) is 17.8. The number of nitrogens with zero attached hydrogens (tertiary/aromatic N) is 1. The number of benzene rings is 2. The van der Waals surface area contributed by atoms with E-state index < -0.39 is 34.4 Å². The molecule has 0 aliphatic carbocycles. The molecular weight excluding hydrogens is 470 g/mol. The summed E-state index contributed by atoms with van der Waals surface area (Å²) in [6.45, 7) is 0.317. The molecule has 11 heteroatoms. The van der Waals surface area contributed by atoms with Gasteiger partial charge in [0.2, 0.25) is 10.0 Å². The van der Waals surface area contributed by atoms with Crippen LogP contribution < -0.4 is 10.9 Å². The number of hydrogen-bond donors (Lipinski definition) is 2. The van der Waals surface area contributed by atoms with Gasteiger partial charge in [-0.05, 0) is 49.2 Å². The first-order valence-electron chi connectivity index (χ1n) is 10.4. The number of halogens is 1. The molecule has 0 saturated carbocycles. The summed E-state index contributed by atoms with van der Waals surface area (Å²) in [7, 11) is -3.63. The van der Waals surface area contributed by atoms with Crippen LogP contribution in [-0.4, -0.2) is 50.2 Å². The number of esters is 1. The van der Waals surface area contributed by atoms with E-state index in [0.717, 1.165) is 25.7 Å². The van der Waals surface area contributed by atoms with Crippen LogP contribution in [0.5, 0.6) is 0 Å². The first-order valence-corrected chi connectivity index (χ1v) is 12.2. The van der Waals surface area contributed by atoms with Gasteiger partial charge in [-0.1, -0.05) is 36.6 Å². The first-order chi connectivity index (χ1) is 15.8. The zero-order chi connectivity index (χ0) is 23.8. The molecule has 0 aromatic heterocycles. The average Bonchev–Trinajstić information content (AvgIpc) is 3.11. The van der Waals surface area contributed by atoms with Crippen LogP contribution in [-0.2, 0) is 19.6 Å². The van der Waals surface area contributed by atoms with Gasteiger partial charge < -0.3 is 4.74 Å². The maximum Gasteiger partial charge on any atom is 0.338 e. The molecule has 0 radical (unpaired) electrons. The summed E-state index contributed by atoms with van der Waals surface area (Å²) in [5.74, 6) is -2.19. The average molecular weight is 494 g/mol. The Bertz CT molecular complexity index is 1110. The predicted octanol–water partition coefficient (Wildman–Crippen LogP) is 2.52. The van der Waals surface area contributed by atoms with E-state index >= 15 is 0 Å². The lowest BCUT2D eigenvalue weighted by molar-refractivity contribution is -0.125. The van der Waals surface area contributed by atoms with Crippen LogP contribution in [0, 0.1) is 0 Å². The quantitative estimate of drug-likeness (QED) is 0.471. The molecule has 1 aliphatic heterocycles. The highest BCUT2D eigenvalue weighted by Gasteiger charge is 2.25. The zero-order valence-corrected chi connectivity index (χ0v) is 19.3. The topological polar surface area (TPSA) is 122 Å². The third-order valence-corrected chi connectivity index (χ3v) is 7.30. The molecule has 1 aliphatic rings. The van der Waals surface area contributed by atoms with Crippen molar-refractivity contribution in [2.75, 3.05) is 19.7 Å². The van der Waals surface area contributed by atoms with Gasteiger partial charge in [0.15, 0.2) is 6.61 Å². The Labute approximate surface area is 197 Å². The van der Waals surface area contributed by atoms with Crippen LogP contribution in [0.1, 0.15) is 46.4 Å².